The summed E-state index contributed by atoms with van der Waals surface area (Å²) < 4.78 is 12.7. The van der Waals surface area contributed by atoms with Crippen LogP contribution in [-0.2, 0) is 6.54 Å². The molecule has 0 fully saturated rings. The van der Waals surface area contributed by atoms with Crippen molar-refractivity contribution in [2.75, 3.05) is 14.2 Å². The summed E-state index contributed by atoms with van der Waals surface area (Å²) in [5, 5.41) is 0. The van der Waals surface area contributed by atoms with Crippen molar-refractivity contribution < 1.29 is 9.47 Å². The molecule has 21 heavy (non-hydrogen) atoms. The number of imidazole rings is 1. The molecule has 0 spiro atoms. The van der Waals surface area contributed by atoms with Gasteiger partial charge in [0.1, 0.15) is 11.5 Å². The predicted octanol–water partition coefficient (Wildman–Crippen LogP) is 2.60. The van der Waals surface area contributed by atoms with E-state index in [2.05, 4.69) is 23.4 Å². The molecule has 0 aliphatic rings. The Morgan fingerprint density at radius 2 is 2.00 bits per heavy atom. The summed E-state index contributed by atoms with van der Waals surface area (Å²) in [7, 11) is 3.30. The fourth-order valence-electron chi connectivity index (χ4n) is 2.25. The summed E-state index contributed by atoms with van der Waals surface area (Å²) in [5.74, 6) is 1.94. The second-order valence-corrected chi connectivity index (χ2v) is 5.39. The lowest BCUT2D eigenvalue weighted by Gasteiger charge is -2.19. The van der Waals surface area contributed by atoms with Crippen LogP contribution in [0.4, 0.5) is 0 Å². The summed E-state index contributed by atoms with van der Waals surface area (Å²) in [6, 6.07) is 5.78. The number of nitrogens with zero attached hydrogens (tertiary/aromatic N) is 2. The largest absolute Gasteiger partial charge is 0.497 e. The van der Waals surface area contributed by atoms with Crippen molar-refractivity contribution in [3.8, 4) is 11.5 Å². The summed E-state index contributed by atoms with van der Waals surface area (Å²) in [4.78, 5) is 4.23. The van der Waals surface area contributed by atoms with E-state index < -0.39 is 0 Å². The third kappa shape index (κ3) is 3.36. The molecule has 2 N–H and O–H groups in total. The first kappa shape index (κ1) is 15.4. The fraction of sp³-hybridized carbons (Fsp3) is 0.438. The topological polar surface area (TPSA) is 62.3 Å². The standard InChI is InChI=1S/C16H23N3O2/c1-11(2)16(17)14-8-18-10-19(14)9-12-5-6-13(20-3)7-15(12)21-4/h5-8,10-11,16H,9,17H2,1-4H3. The highest BCUT2D eigenvalue weighted by Gasteiger charge is 2.16. The molecule has 0 radical (unpaired) electrons. The Kier molecular flexibility index (Phi) is 4.85. The molecule has 0 saturated heterocycles. The molecule has 1 atom stereocenters. The van der Waals surface area contributed by atoms with Crippen LogP contribution in [0.1, 0.15) is 31.1 Å². The SMILES string of the molecule is COc1ccc(Cn2cncc2C(N)C(C)C)c(OC)c1. The van der Waals surface area contributed by atoms with Gasteiger partial charge in [0, 0.05) is 23.9 Å². The van der Waals surface area contributed by atoms with E-state index in [1.165, 1.54) is 0 Å². The lowest BCUT2D eigenvalue weighted by Crippen LogP contribution is -2.20. The number of hydrogen-bond acceptors (Lipinski definition) is 4. The van der Waals surface area contributed by atoms with E-state index in [9.17, 15) is 0 Å². The molecule has 2 rings (SSSR count). The van der Waals surface area contributed by atoms with Crippen molar-refractivity contribution in [3.05, 3.63) is 42.0 Å². The van der Waals surface area contributed by atoms with Crippen LogP contribution in [0.2, 0.25) is 0 Å². The molecule has 0 aliphatic carbocycles. The maximum atomic E-state index is 6.24. The van der Waals surface area contributed by atoms with Crippen LogP contribution < -0.4 is 15.2 Å². The normalized spacial score (nSPS) is 12.5. The Morgan fingerprint density at radius 3 is 2.62 bits per heavy atom. The van der Waals surface area contributed by atoms with Gasteiger partial charge in [0.25, 0.3) is 0 Å². The molecule has 5 heteroatoms. The summed E-state index contributed by atoms with van der Waals surface area (Å²) in [6.07, 6.45) is 3.64. The zero-order valence-corrected chi connectivity index (χ0v) is 13.0. The number of ether oxygens (including phenoxy) is 2. The van der Waals surface area contributed by atoms with E-state index in [1.54, 1.807) is 20.5 Å². The Labute approximate surface area is 125 Å². The van der Waals surface area contributed by atoms with Crippen molar-refractivity contribution in [1.82, 2.24) is 9.55 Å². The first-order valence-electron chi connectivity index (χ1n) is 7.03. The maximum absolute atomic E-state index is 6.24. The summed E-state index contributed by atoms with van der Waals surface area (Å²) >= 11 is 0. The zero-order chi connectivity index (χ0) is 15.4. The number of rotatable bonds is 6. The Hall–Kier alpha value is -2.01. The van der Waals surface area contributed by atoms with Crippen LogP contribution in [-0.4, -0.2) is 23.8 Å². The highest BCUT2D eigenvalue weighted by Crippen LogP contribution is 2.27. The molecule has 0 aliphatic heterocycles. The quantitative estimate of drug-likeness (QED) is 0.888. The van der Waals surface area contributed by atoms with Crippen LogP contribution in [0.15, 0.2) is 30.7 Å². The Morgan fingerprint density at radius 1 is 1.24 bits per heavy atom. The Balaban J connectivity index is 2.29. The summed E-state index contributed by atoms with van der Waals surface area (Å²) in [5.41, 5.74) is 8.33. The molecule has 0 saturated carbocycles. The van der Waals surface area contributed by atoms with E-state index in [0.717, 1.165) is 22.8 Å². The second-order valence-electron chi connectivity index (χ2n) is 5.39. The highest BCUT2D eigenvalue weighted by molar-refractivity contribution is 5.41. The van der Waals surface area contributed by atoms with Gasteiger partial charge in [0.15, 0.2) is 0 Å². The molecule has 114 valence electrons. The third-order valence-electron chi connectivity index (χ3n) is 3.64. The van der Waals surface area contributed by atoms with Gasteiger partial charge in [0.05, 0.1) is 32.8 Å². The van der Waals surface area contributed by atoms with Crippen LogP contribution in [0, 0.1) is 5.92 Å². The third-order valence-corrected chi connectivity index (χ3v) is 3.64. The van der Waals surface area contributed by atoms with Gasteiger partial charge in [-0.1, -0.05) is 13.8 Å². The van der Waals surface area contributed by atoms with Crippen LogP contribution in [0.3, 0.4) is 0 Å². The molecule has 1 heterocycles. The number of aromatic nitrogens is 2. The van der Waals surface area contributed by atoms with Crippen LogP contribution in [0.5, 0.6) is 11.5 Å². The number of benzene rings is 1. The predicted molar refractivity (Wildman–Crippen MR) is 82.6 cm³/mol. The van der Waals surface area contributed by atoms with E-state index in [-0.39, 0.29) is 6.04 Å². The molecule has 0 amide bonds. The number of nitrogens with two attached hydrogens (primary N) is 1. The van der Waals surface area contributed by atoms with Gasteiger partial charge in [-0.05, 0) is 18.1 Å². The van der Waals surface area contributed by atoms with Crippen molar-refractivity contribution in [2.24, 2.45) is 11.7 Å². The minimum Gasteiger partial charge on any atom is -0.497 e. The lowest BCUT2D eigenvalue weighted by molar-refractivity contribution is 0.389. The average molecular weight is 289 g/mol. The monoisotopic (exact) mass is 289 g/mol. The van der Waals surface area contributed by atoms with E-state index in [4.69, 9.17) is 15.2 Å². The van der Waals surface area contributed by atoms with Gasteiger partial charge in [-0.15, -0.1) is 0 Å². The molecule has 1 aromatic heterocycles. The molecule has 5 nitrogen and oxygen atoms in total. The number of methoxy groups -OCH3 is 2. The van der Waals surface area contributed by atoms with Crippen molar-refractivity contribution in [2.45, 2.75) is 26.4 Å². The van der Waals surface area contributed by atoms with Crippen LogP contribution >= 0.6 is 0 Å². The minimum atomic E-state index is -0.0308. The van der Waals surface area contributed by atoms with Crippen molar-refractivity contribution >= 4 is 0 Å². The van der Waals surface area contributed by atoms with Crippen molar-refractivity contribution in [1.29, 1.82) is 0 Å². The second kappa shape index (κ2) is 6.63. The minimum absolute atomic E-state index is 0.0308. The van der Waals surface area contributed by atoms with Gasteiger partial charge >= 0.3 is 0 Å². The molecule has 0 bridgehead atoms. The first-order valence-corrected chi connectivity index (χ1v) is 7.03. The number of hydrogen-bond donors (Lipinski definition) is 1. The zero-order valence-electron chi connectivity index (χ0n) is 13.0. The van der Waals surface area contributed by atoms with Gasteiger partial charge in [0.2, 0.25) is 0 Å². The maximum Gasteiger partial charge on any atom is 0.127 e. The van der Waals surface area contributed by atoms with E-state index in [0.29, 0.717) is 12.5 Å². The average Bonchev–Trinajstić information content (AvgIpc) is 2.94. The Bertz CT molecular complexity index is 593. The molecular formula is C16H23N3O2. The van der Waals surface area contributed by atoms with Gasteiger partial charge in [-0.2, -0.15) is 0 Å². The fourth-order valence-corrected chi connectivity index (χ4v) is 2.25. The van der Waals surface area contributed by atoms with Gasteiger partial charge in [-0.3, -0.25) is 0 Å². The van der Waals surface area contributed by atoms with Crippen LogP contribution in [0.25, 0.3) is 0 Å². The molecule has 2 aromatic rings. The van der Waals surface area contributed by atoms with E-state index >= 15 is 0 Å². The lowest BCUT2D eigenvalue weighted by atomic mass is 10.0. The highest BCUT2D eigenvalue weighted by atomic mass is 16.5. The van der Waals surface area contributed by atoms with Gasteiger partial charge in [-0.25, -0.2) is 4.98 Å². The molecular weight excluding hydrogens is 266 g/mol. The first-order chi connectivity index (χ1) is 10.1. The van der Waals surface area contributed by atoms with E-state index in [1.807, 2.05) is 24.4 Å². The summed E-state index contributed by atoms with van der Waals surface area (Å²) in [6.45, 7) is 4.88. The smallest absolute Gasteiger partial charge is 0.127 e. The van der Waals surface area contributed by atoms with Gasteiger partial charge < -0.3 is 19.8 Å². The molecule has 1 unspecified atom stereocenters. The molecule has 1 aromatic carbocycles. The van der Waals surface area contributed by atoms with Crippen molar-refractivity contribution in [3.63, 3.8) is 0 Å².